The molecule has 0 radical (unpaired) electrons. The second kappa shape index (κ2) is 5.14. The van der Waals surface area contributed by atoms with Crippen LogP contribution in [0.4, 0.5) is 4.39 Å². The zero-order chi connectivity index (χ0) is 17.0. The molecule has 3 atom stereocenters. The third-order valence-electron chi connectivity index (χ3n) is 3.92. The standard InChI is InChI=1S/C14H13FN2O5S/c1-4-7(5-2-3-6(18)11(19)8(5)15)10(14(21)22)17-12(20)9(16)13(17)23-4/h2-4,9,13,18-19H,16H2,1H3,(H,21,22)/t4?,9?,13-/m1/s1. The highest BCUT2D eigenvalue weighted by molar-refractivity contribution is 8.01. The number of aromatic hydroxyl groups is 2. The van der Waals surface area contributed by atoms with Crippen LogP contribution in [0.25, 0.3) is 5.57 Å². The van der Waals surface area contributed by atoms with Crippen molar-refractivity contribution >= 4 is 29.2 Å². The van der Waals surface area contributed by atoms with Gasteiger partial charge in [-0.05, 0) is 19.1 Å². The average molecular weight is 340 g/mol. The fraction of sp³-hybridized carbons (Fsp3) is 0.286. The maximum absolute atomic E-state index is 14.3. The van der Waals surface area contributed by atoms with Crippen LogP contribution in [0, 0.1) is 5.82 Å². The molecular formula is C14H13FN2O5S. The van der Waals surface area contributed by atoms with Crippen LogP contribution in [0.15, 0.2) is 17.8 Å². The van der Waals surface area contributed by atoms with E-state index in [1.54, 1.807) is 6.92 Å². The first-order valence-corrected chi connectivity index (χ1v) is 7.62. The van der Waals surface area contributed by atoms with Gasteiger partial charge in [0.1, 0.15) is 17.1 Å². The molecule has 1 aromatic carbocycles. The van der Waals surface area contributed by atoms with Gasteiger partial charge in [-0.3, -0.25) is 9.69 Å². The molecule has 0 aromatic heterocycles. The van der Waals surface area contributed by atoms with E-state index in [-0.39, 0.29) is 16.8 Å². The normalized spacial score (nSPS) is 26.8. The zero-order valence-electron chi connectivity index (χ0n) is 11.9. The zero-order valence-corrected chi connectivity index (χ0v) is 12.7. The highest BCUT2D eigenvalue weighted by atomic mass is 32.2. The molecule has 1 amide bonds. The highest BCUT2D eigenvalue weighted by Crippen LogP contribution is 2.48. The van der Waals surface area contributed by atoms with Crippen LogP contribution in [-0.4, -0.2) is 48.8 Å². The molecule has 9 heteroatoms. The summed E-state index contributed by atoms with van der Waals surface area (Å²) in [5.74, 6) is -4.69. The van der Waals surface area contributed by atoms with E-state index in [9.17, 15) is 29.3 Å². The minimum atomic E-state index is -1.38. The third-order valence-corrected chi connectivity index (χ3v) is 5.34. The second-order valence-electron chi connectivity index (χ2n) is 5.27. The number of nitrogens with zero attached hydrogens (tertiary/aromatic N) is 1. The van der Waals surface area contributed by atoms with E-state index in [2.05, 4.69) is 0 Å². The van der Waals surface area contributed by atoms with E-state index < -0.39 is 45.9 Å². The second-order valence-corrected chi connectivity index (χ2v) is 6.73. The number of β-lactam (4-membered cyclic amide) rings is 1. The Balaban J connectivity index is 2.24. The van der Waals surface area contributed by atoms with Crippen LogP contribution < -0.4 is 5.73 Å². The summed E-state index contributed by atoms with van der Waals surface area (Å²) in [6.07, 6.45) is 0. The van der Waals surface area contributed by atoms with Crippen molar-refractivity contribution in [2.45, 2.75) is 23.6 Å². The molecule has 1 saturated heterocycles. The molecule has 0 aliphatic carbocycles. The van der Waals surface area contributed by atoms with Gasteiger partial charge in [0.2, 0.25) is 5.91 Å². The fourth-order valence-corrected chi connectivity index (χ4v) is 4.21. The summed E-state index contributed by atoms with van der Waals surface area (Å²) >= 11 is 1.24. The Labute approximate surface area is 134 Å². The Hall–Kier alpha value is -2.26. The Kier molecular flexibility index (Phi) is 3.49. The molecule has 0 bridgehead atoms. The maximum atomic E-state index is 14.3. The molecule has 2 aliphatic heterocycles. The third kappa shape index (κ3) is 2.07. The number of hydrogen-bond donors (Lipinski definition) is 4. The van der Waals surface area contributed by atoms with Gasteiger partial charge in [0.05, 0.1) is 0 Å². The van der Waals surface area contributed by atoms with Gasteiger partial charge in [0.25, 0.3) is 0 Å². The predicted molar refractivity (Wildman–Crippen MR) is 79.9 cm³/mol. The Bertz CT molecular complexity index is 766. The number of carboxylic acid groups (broad SMARTS) is 1. The lowest BCUT2D eigenvalue weighted by atomic mass is 9.95. The van der Waals surface area contributed by atoms with Crippen LogP contribution in [0.5, 0.6) is 11.5 Å². The smallest absolute Gasteiger partial charge is 0.353 e. The van der Waals surface area contributed by atoms with Crippen molar-refractivity contribution < 1.29 is 29.3 Å². The molecule has 1 aromatic rings. The number of benzene rings is 1. The van der Waals surface area contributed by atoms with Gasteiger partial charge < -0.3 is 21.1 Å². The van der Waals surface area contributed by atoms with E-state index in [4.69, 9.17) is 5.73 Å². The van der Waals surface area contributed by atoms with Crippen molar-refractivity contribution in [3.63, 3.8) is 0 Å². The largest absolute Gasteiger partial charge is 0.504 e. The number of carbonyl (C=O) groups is 2. The number of amides is 1. The molecule has 23 heavy (non-hydrogen) atoms. The first kappa shape index (κ1) is 15.6. The Morgan fingerprint density at radius 2 is 2.04 bits per heavy atom. The quantitative estimate of drug-likeness (QED) is 0.460. The van der Waals surface area contributed by atoms with Crippen molar-refractivity contribution in [3.05, 3.63) is 29.2 Å². The molecule has 5 N–H and O–H groups in total. The van der Waals surface area contributed by atoms with Gasteiger partial charge in [-0.15, -0.1) is 11.8 Å². The number of halogens is 1. The van der Waals surface area contributed by atoms with Gasteiger partial charge in [-0.25, -0.2) is 9.18 Å². The monoisotopic (exact) mass is 340 g/mol. The number of carboxylic acids is 1. The number of thioether (sulfide) groups is 1. The Morgan fingerprint density at radius 3 is 2.65 bits per heavy atom. The number of carbonyl (C=O) groups excluding carboxylic acids is 1. The molecular weight excluding hydrogens is 327 g/mol. The molecule has 2 unspecified atom stereocenters. The minimum absolute atomic E-state index is 0.0619. The number of hydrogen-bond acceptors (Lipinski definition) is 6. The topological polar surface area (TPSA) is 124 Å². The van der Waals surface area contributed by atoms with E-state index in [0.717, 1.165) is 11.0 Å². The summed E-state index contributed by atoms with van der Waals surface area (Å²) < 4.78 is 14.3. The van der Waals surface area contributed by atoms with Crippen LogP contribution in [-0.2, 0) is 9.59 Å². The molecule has 0 saturated carbocycles. The number of phenols is 2. The summed E-state index contributed by atoms with van der Waals surface area (Å²) in [6.45, 7) is 1.67. The Morgan fingerprint density at radius 1 is 1.39 bits per heavy atom. The summed E-state index contributed by atoms with van der Waals surface area (Å²) in [5.41, 5.74) is 5.22. The summed E-state index contributed by atoms with van der Waals surface area (Å²) in [7, 11) is 0. The van der Waals surface area contributed by atoms with Crippen LogP contribution in [0.3, 0.4) is 0 Å². The van der Waals surface area contributed by atoms with Crippen LogP contribution in [0.2, 0.25) is 0 Å². The lowest BCUT2D eigenvalue weighted by Crippen LogP contribution is -2.68. The summed E-state index contributed by atoms with van der Waals surface area (Å²) in [6, 6.07) is 1.44. The number of aliphatic carboxylic acids is 1. The highest BCUT2D eigenvalue weighted by Gasteiger charge is 2.53. The molecule has 2 aliphatic rings. The van der Waals surface area contributed by atoms with E-state index in [1.807, 2.05) is 0 Å². The molecule has 122 valence electrons. The van der Waals surface area contributed by atoms with Crippen LogP contribution >= 0.6 is 11.8 Å². The SMILES string of the molecule is CC1S[C@@H]2C(N)C(=O)N2C(C(=O)O)=C1c1ccc(O)c(O)c1F. The molecule has 7 nitrogen and oxygen atoms in total. The van der Waals surface area contributed by atoms with Gasteiger partial charge in [0.15, 0.2) is 17.3 Å². The van der Waals surface area contributed by atoms with Gasteiger partial charge in [-0.1, -0.05) is 0 Å². The van der Waals surface area contributed by atoms with Crippen molar-refractivity contribution in [2.75, 3.05) is 0 Å². The van der Waals surface area contributed by atoms with E-state index in [1.165, 1.54) is 17.8 Å². The first-order valence-electron chi connectivity index (χ1n) is 6.68. The van der Waals surface area contributed by atoms with Gasteiger partial charge in [-0.2, -0.15) is 0 Å². The lowest BCUT2D eigenvalue weighted by molar-refractivity contribution is -0.147. The molecule has 1 fully saturated rings. The van der Waals surface area contributed by atoms with Gasteiger partial charge in [0, 0.05) is 16.4 Å². The predicted octanol–water partition coefficient (Wildman–Crippen LogP) is 0.663. The average Bonchev–Trinajstić information content (AvgIpc) is 2.51. The number of nitrogens with two attached hydrogens (primary N) is 1. The molecule has 2 heterocycles. The molecule has 0 spiro atoms. The van der Waals surface area contributed by atoms with Crippen molar-refractivity contribution in [2.24, 2.45) is 5.73 Å². The van der Waals surface area contributed by atoms with Crippen molar-refractivity contribution in [1.29, 1.82) is 0 Å². The number of rotatable bonds is 2. The summed E-state index contributed by atoms with van der Waals surface area (Å²) in [4.78, 5) is 24.6. The van der Waals surface area contributed by atoms with Gasteiger partial charge >= 0.3 is 5.97 Å². The first-order chi connectivity index (χ1) is 10.8. The maximum Gasteiger partial charge on any atom is 0.353 e. The van der Waals surface area contributed by atoms with E-state index >= 15 is 0 Å². The minimum Gasteiger partial charge on any atom is -0.504 e. The summed E-state index contributed by atoms with van der Waals surface area (Å²) in [5, 5.41) is 27.4. The lowest BCUT2D eigenvalue weighted by Gasteiger charge is -2.49. The number of phenolic OH excluding ortho intramolecular Hbond substituents is 2. The van der Waals surface area contributed by atoms with Crippen LogP contribution in [0.1, 0.15) is 12.5 Å². The number of fused-ring (bicyclic) bond motifs is 1. The fourth-order valence-electron chi connectivity index (χ4n) is 2.80. The van der Waals surface area contributed by atoms with Crippen molar-refractivity contribution in [3.8, 4) is 11.5 Å². The van der Waals surface area contributed by atoms with E-state index in [0.29, 0.717) is 0 Å². The molecule has 3 rings (SSSR count). The van der Waals surface area contributed by atoms with Crippen molar-refractivity contribution in [1.82, 2.24) is 4.90 Å².